The van der Waals surface area contributed by atoms with E-state index >= 15 is 0 Å². The molecule has 14 heteroatoms. The molecule has 6 rings (SSSR count). The van der Waals surface area contributed by atoms with E-state index in [0.29, 0.717) is 45.9 Å². The van der Waals surface area contributed by atoms with E-state index in [-0.39, 0.29) is 30.2 Å². The number of hydrogen-bond donors (Lipinski definition) is 1. The van der Waals surface area contributed by atoms with Crippen LogP contribution >= 0.6 is 23.1 Å². The fraction of sp³-hybridized carbons (Fsp3) is 0.229. The van der Waals surface area contributed by atoms with Crippen LogP contribution in [0.3, 0.4) is 0 Å². The average Bonchev–Trinajstić information content (AvgIpc) is 3.93. The van der Waals surface area contributed by atoms with Crippen LogP contribution in [0.1, 0.15) is 39.1 Å². The molecule has 1 N–H and O–H groups in total. The summed E-state index contributed by atoms with van der Waals surface area (Å²) in [5.74, 6) is 2.24. The fourth-order valence-electron chi connectivity index (χ4n) is 5.41. The van der Waals surface area contributed by atoms with Crippen molar-refractivity contribution in [1.82, 2.24) is 25.1 Å². The van der Waals surface area contributed by atoms with Crippen LogP contribution in [-0.4, -0.2) is 71.5 Å². The predicted molar refractivity (Wildman–Crippen MR) is 187 cm³/mol. The van der Waals surface area contributed by atoms with Gasteiger partial charge in [0.25, 0.3) is 11.8 Å². The topological polar surface area (TPSA) is 129 Å². The number of ether oxygens (including phenoxy) is 4. The number of benzene rings is 3. The van der Waals surface area contributed by atoms with Crippen molar-refractivity contribution >= 4 is 40.6 Å². The molecule has 2 amide bonds. The highest BCUT2D eigenvalue weighted by molar-refractivity contribution is 7.99. The molecular weight excluding hydrogens is 665 g/mol. The van der Waals surface area contributed by atoms with E-state index in [4.69, 9.17) is 24.0 Å². The molecule has 12 nitrogen and oxygen atoms in total. The number of amides is 2. The molecule has 1 aliphatic heterocycles. The van der Waals surface area contributed by atoms with E-state index in [2.05, 4.69) is 15.5 Å². The van der Waals surface area contributed by atoms with Crippen molar-refractivity contribution in [2.75, 3.05) is 34.2 Å². The first kappa shape index (κ1) is 33.6. The minimum atomic E-state index is -0.335. The van der Waals surface area contributed by atoms with Crippen molar-refractivity contribution in [1.29, 1.82) is 0 Å². The van der Waals surface area contributed by atoms with Crippen LogP contribution in [0.25, 0.3) is 5.69 Å². The van der Waals surface area contributed by atoms with Crippen molar-refractivity contribution in [3.05, 3.63) is 106 Å². The van der Waals surface area contributed by atoms with Crippen LogP contribution in [0.4, 0.5) is 0 Å². The summed E-state index contributed by atoms with van der Waals surface area (Å²) >= 11 is 2.82. The smallest absolute Gasteiger partial charge is 0.253 e. The third kappa shape index (κ3) is 7.25. The van der Waals surface area contributed by atoms with Crippen LogP contribution in [0.2, 0.25) is 0 Å². The lowest BCUT2D eigenvalue weighted by atomic mass is 10.0. The quantitative estimate of drug-likeness (QED) is 0.153. The largest absolute Gasteiger partial charge is 0.497 e. The predicted octanol–water partition coefficient (Wildman–Crippen LogP) is 5.76. The SMILES string of the molecule is COc1ccc([C@@H]2CC(c3cccs3)=NN2C(=O)CSc2nnc(CNC(=O)c3ccc(OC)c(OC)c3)n2-c2ccccc2OC)cc1. The van der Waals surface area contributed by atoms with Gasteiger partial charge in [-0.1, -0.05) is 42.1 Å². The van der Waals surface area contributed by atoms with E-state index in [1.807, 2.05) is 66.0 Å². The highest BCUT2D eigenvalue weighted by Crippen LogP contribution is 2.36. The second-order valence-corrected chi connectivity index (χ2v) is 12.6. The van der Waals surface area contributed by atoms with Crippen LogP contribution in [0.15, 0.2) is 94.5 Å². The lowest BCUT2D eigenvalue weighted by molar-refractivity contribution is -0.130. The van der Waals surface area contributed by atoms with Gasteiger partial charge in [-0.3, -0.25) is 14.2 Å². The van der Waals surface area contributed by atoms with E-state index in [9.17, 15) is 9.59 Å². The summed E-state index contributed by atoms with van der Waals surface area (Å²) in [6, 6.07) is 23.8. The lowest BCUT2D eigenvalue weighted by Crippen LogP contribution is -2.28. The normalized spacial score (nSPS) is 13.9. The summed E-state index contributed by atoms with van der Waals surface area (Å²) in [4.78, 5) is 28.1. The zero-order valence-electron chi connectivity index (χ0n) is 27.3. The Labute approximate surface area is 291 Å². The molecule has 0 fully saturated rings. The van der Waals surface area contributed by atoms with Crippen LogP contribution in [-0.2, 0) is 11.3 Å². The summed E-state index contributed by atoms with van der Waals surface area (Å²) < 4.78 is 23.4. The van der Waals surface area contributed by atoms with Gasteiger partial charge in [0.15, 0.2) is 22.5 Å². The molecule has 0 radical (unpaired) electrons. The number of nitrogens with one attached hydrogen (secondary N) is 1. The summed E-state index contributed by atoms with van der Waals surface area (Å²) in [7, 11) is 6.24. The van der Waals surface area contributed by atoms with Gasteiger partial charge >= 0.3 is 0 Å². The van der Waals surface area contributed by atoms with Crippen molar-refractivity contribution in [3.63, 3.8) is 0 Å². The van der Waals surface area contributed by atoms with Crippen molar-refractivity contribution in [3.8, 4) is 28.7 Å². The Hall–Kier alpha value is -5.34. The number of thiophene rings is 1. The number of thioether (sulfide) groups is 1. The summed E-state index contributed by atoms with van der Waals surface area (Å²) in [5, 5.41) is 20.6. The first-order valence-electron chi connectivity index (χ1n) is 15.2. The summed E-state index contributed by atoms with van der Waals surface area (Å²) in [5.41, 5.74) is 2.87. The molecule has 0 spiro atoms. The third-order valence-corrected chi connectivity index (χ3v) is 9.71. The van der Waals surface area contributed by atoms with Gasteiger partial charge in [-0.15, -0.1) is 21.5 Å². The number of rotatable bonds is 13. The molecule has 49 heavy (non-hydrogen) atoms. The summed E-state index contributed by atoms with van der Waals surface area (Å²) in [6.07, 6.45) is 0.588. The number of methoxy groups -OCH3 is 4. The Morgan fingerprint density at radius 3 is 2.37 bits per heavy atom. The van der Waals surface area contributed by atoms with Gasteiger partial charge in [-0.25, -0.2) is 5.01 Å². The Morgan fingerprint density at radius 1 is 0.878 bits per heavy atom. The average molecular weight is 699 g/mol. The molecule has 2 aromatic heterocycles. The minimum absolute atomic E-state index is 0.0408. The fourth-order valence-corrected chi connectivity index (χ4v) is 6.95. The van der Waals surface area contributed by atoms with Crippen LogP contribution in [0, 0.1) is 0 Å². The first-order chi connectivity index (χ1) is 23.9. The minimum Gasteiger partial charge on any atom is -0.497 e. The molecule has 1 atom stereocenters. The molecule has 0 unspecified atom stereocenters. The Bertz CT molecular complexity index is 1960. The molecule has 0 bridgehead atoms. The Kier molecular flexibility index (Phi) is 10.4. The van der Waals surface area contributed by atoms with Crippen LogP contribution < -0.4 is 24.3 Å². The third-order valence-electron chi connectivity index (χ3n) is 7.88. The Morgan fingerprint density at radius 2 is 1.65 bits per heavy atom. The molecule has 0 saturated heterocycles. The van der Waals surface area contributed by atoms with Gasteiger partial charge in [0.2, 0.25) is 0 Å². The summed E-state index contributed by atoms with van der Waals surface area (Å²) in [6.45, 7) is 0.0485. The van der Waals surface area contributed by atoms with Gasteiger partial charge in [-0.05, 0) is 59.5 Å². The monoisotopic (exact) mass is 698 g/mol. The second-order valence-electron chi connectivity index (χ2n) is 10.7. The van der Waals surface area contributed by atoms with Crippen LogP contribution in [0.5, 0.6) is 23.0 Å². The standard InChI is InChI=1S/C35H34N6O6S2/c1-44-24-14-11-22(12-15-24)27-19-25(31-10-7-17-48-31)39-41(27)33(42)21-49-35-38-37-32(40(35)26-8-5-6-9-28(26)45-2)20-36-34(43)23-13-16-29(46-3)30(18-23)47-4/h5-18,27H,19-21H2,1-4H3,(H,36,43)/t27-/m0/s1. The molecule has 5 aromatic rings. The zero-order chi connectivity index (χ0) is 34.3. The van der Waals surface area contributed by atoms with Gasteiger partial charge in [0.05, 0.1) is 63.1 Å². The van der Waals surface area contributed by atoms with Crippen molar-refractivity contribution in [2.24, 2.45) is 5.10 Å². The number of hydrazone groups is 1. The molecule has 252 valence electrons. The van der Waals surface area contributed by atoms with E-state index in [1.165, 1.54) is 26.0 Å². The van der Waals surface area contributed by atoms with Crippen molar-refractivity contribution < 1.29 is 28.5 Å². The number of para-hydroxylation sites is 2. The second kappa shape index (κ2) is 15.3. The van der Waals surface area contributed by atoms with E-state index in [1.54, 1.807) is 53.3 Å². The van der Waals surface area contributed by atoms with Gasteiger partial charge < -0.3 is 24.3 Å². The Balaban J connectivity index is 1.25. The van der Waals surface area contributed by atoms with Gasteiger partial charge in [0.1, 0.15) is 11.5 Å². The molecule has 0 saturated carbocycles. The molecular formula is C35H34N6O6S2. The first-order valence-corrected chi connectivity index (χ1v) is 17.1. The number of nitrogens with zero attached hydrogens (tertiary/aromatic N) is 5. The molecule has 1 aliphatic rings. The molecule has 0 aliphatic carbocycles. The number of hydrogen-bond acceptors (Lipinski definition) is 11. The number of carbonyl (C=O) groups is 2. The number of carbonyl (C=O) groups excluding carboxylic acids is 2. The van der Waals surface area contributed by atoms with Gasteiger partial charge in [0, 0.05) is 12.0 Å². The molecule has 3 heterocycles. The maximum absolute atomic E-state index is 13.9. The van der Waals surface area contributed by atoms with E-state index < -0.39 is 0 Å². The zero-order valence-corrected chi connectivity index (χ0v) is 28.9. The maximum Gasteiger partial charge on any atom is 0.253 e. The van der Waals surface area contributed by atoms with Gasteiger partial charge in [-0.2, -0.15) is 5.10 Å². The number of aromatic nitrogens is 3. The van der Waals surface area contributed by atoms with E-state index in [0.717, 1.165) is 21.9 Å². The van der Waals surface area contributed by atoms with Crippen molar-refractivity contribution in [2.45, 2.75) is 24.2 Å². The lowest BCUT2D eigenvalue weighted by Gasteiger charge is -2.22. The highest BCUT2D eigenvalue weighted by Gasteiger charge is 2.34. The highest BCUT2D eigenvalue weighted by atomic mass is 32.2. The molecule has 3 aromatic carbocycles. The maximum atomic E-state index is 13.9.